The second-order valence-corrected chi connectivity index (χ2v) is 4.74. The van der Waals surface area contributed by atoms with Gasteiger partial charge >= 0.3 is 12.0 Å². The van der Waals surface area contributed by atoms with Gasteiger partial charge in [0, 0.05) is 39.8 Å². The molecule has 1 atom stereocenters. The van der Waals surface area contributed by atoms with Crippen LogP contribution in [0.2, 0.25) is 0 Å². The number of urea groups is 1. The molecule has 1 aliphatic rings. The van der Waals surface area contributed by atoms with Gasteiger partial charge in [0.15, 0.2) is 0 Å². The van der Waals surface area contributed by atoms with E-state index in [-0.39, 0.29) is 19.1 Å². The third kappa shape index (κ3) is 5.04. The minimum absolute atomic E-state index is 0.0151. The molecule has 0 spiro atoms. The number of amides is 2. The Bertz CT molecular complexity index is 302. The van der Waals surface area contributed by atoms with E-state index in [0.29, 0.717) is 25.6 Å². The number of hydrogen-bond donors (Lipinski definition) is 3. The Balaban J connectivity index is 2.39. The maximum atomic E-state index is 11.9. The first-order valence-corrected chi connectivity index (χ1v) is 6.46. The molecule has 1 saturated heterocycles. The normalized spacial score (nSPS) is 18.1. The van der Waals surface area contributed by atoms with Crippen LogP contribution in [-0.4, -0.2) is 66.6 Å². The van der Waals surface area contributed by atoms with E-state index >= 15 is 0 Å². The van der Waals surface area contributed by atoms with Crippen LogP contribution >= 0.6 is 0 Å². The number of aliphatic hydroxyl groups excluding tert-OH is 1. The number of carbonyl (C=O) groups excluding carboxylic acids is 1. The zero-order valence-corrected chi connectivity index (χ0v) is 11.2. The lowest BCUT2D eigenvalue weighted by Gasteiger charge is -2.32. The van der Waals surface area contributed by atoms with Crippen LogP contribution in [0.5, 0.6) is 0 Å². The van der Waals surface area contributed by atoms with E-state index < -0.39 is 12.0 Å². The highest BCUT2D eigenvalue weighted by Gasteiger charge is 2.26. The lowest BCUT2D eigenvalue weighted by molar-refractivity contribution is -0.139. The van der Waals surface area contributed by atoms with Gasteiger partial charge in [0.1, 0.15) is 6.04 Å². The summed E-state index contributed by atoms with van der Waals surface area (Å²) in [5.74, 6) is -0.668. The quantitative estimate of drug-likeness (QED) is 0.627. The van der Waals surface area contributed by atoms with Gasteiger partial charge in [-0.15, -0.1) is 0 Å². The molecule has 1 unspecified atom stereocenters. The van der Waals surface area contributed by atoms with Gasteiger partial charge in [0.25, 0.3) is 0 Å². The fourth-order valence-corrected chi connectivity index (χ4v) is 2.17. The number of carbonyl (C=O) groups is 2. The average Bonchev–Trinajstić information content (AvgIpc) is 2.39. The van der Waals surface area contributed by atoms with Crippen molar-refractivity contribution in [3.05, 3.63) is 0 Å². The number of hydrogen-bond acceptors (Lipinski definition) is 4. The van der Waals surface area contributed by atoms with E-state index in [1.165, 1.54) is 0 Å². The molecular weight excluding hydrogens is 252 g/mol. The van der Waals surface area contributed by atoms with Gasteiger partial charge in [0.2, 0.25) is 0 Å². The van der Waals surface area contributed by atoms with Crippen molar-refractivity contribution in [2.75, 3.05) is 33.4 Å². The number of carboxylic acid groups (broad SMARTS) is 1. The zero-order chi connectivity index (χ0) is 14.3. The molecule has 0 aliphatic carbocycles. The Kier molecular flexibility index (Phi) is 6.58. The molecule has 0 bridgehead atoms. The van der Waals surface area contributed by atoms with Crippen LogP contribution in [0.3, 0.4) is 0 Å². The van der Waals surface area contributed by atoms with Gasteiger partial charge in [-0.2, -0.15) is 0 Å². The number of rotatable bonds is 6. The highest BCUT2D eigenvalue weighted by Crippen LogP contribution is 2.17. The number of piperidine rings is 1. The topological polar surface area (TPSA) is 99.1 Å². The smallest absolute Gasteiger partial charge is 0.326 e. The maximum absolute atomic E-state index is 11.9. The predicted molar refractivity (Wildman–Crippen MR) is 67.8 cm³/mol. The first-order chi connectivity index (χ1) is 9.08. The monoisotopic (exact) mass is 274 g/mol. The van der Waals surface area contributed by atoms with Crippen molar-refractivity contribution in [2.45, 2.75) is 25.3 Å². The molecule has 1 rings (SSSR count). The number of methoxy groups -OCH3 is 1. The number of ether oxygens (including phenoxy) is 1. The number of carboxylic acids is 1. The van der Waals surface area contributed by atoms with Crippen molar-refractivity contribution in [3.8, 4) is 0 Å². The summed E-state index contributed by atoms with van der Waals surface area (Å²) in [4.78, 5) is 24.4. The Hall–Kier alpha value is -1.34. The van der Waals surface area contributed by atoms with E-state index in [9.17, 15) is 9.59 Å². The molecule has 19 heavy (non-hydrogen) atoms. The van der Waals surface area contributed by atoms with Crippen molar-refractivity contribution in [1.29, 1.82) is 0 Å². The molecule has 0 aromatic carbocycles. The average molecular weight is 274 g/mol. The summed E-state index contributed by atoms with van der Waals surface area (Å²) in [6.07, 6.45) is 1.74. The minimum Gasteiger partial charge on any atom is -0.480 e. The third-order valence-corrected chi connectivity index (χ3v) is 3.32. The van der Waals surface area contributed by atoms with Gasteiger partial charge < -0.3 is 25.2 Å². The van der Waals surface area contributed by atoms with Gasteiger partial charge in [-0.05, 0) is 18.8 Å². The molecule has 0 radical (unpaired) electrons. The predicted octanol–water partition coefficient (Wildman–Crippen LogP) is -0.110. The van der Waals surface area contributed by atoms with Crippen LogP contribution in [0.25, 0.3) is 0 Å². The number of likely N-dealkylation sites (tertiary alicyclic amines) is 1. The van der Waals surface area contributed by atoms with Crippen LogP contribution in [0, 0.1) is 5.92 Å². The van der Waals surface area contributed by atoms with Crippen molar-refractivity contribution in [2.24, 2.45) is 5.92 Å². The summed E-state index contributed by atoms with van der Waals surface area (Å²) in [7, 11) is 1.66. The van der Waals surface area contributed by atoms with E-state index in [1.807, 2.05) is 0 Å². The summed E-state index contributed by atoms with van der Waals surface area (Å²) < 4.78 is 5.08. The first-order valence-electron chi connectivity index (χ1n) is 6.46. The van der Waals surface area contributed by atoms with Crippen molar-refractivity contribution in [3.63, 3.8) is 0 Å². The highest BCUT2D eigenvalue weighted by molar-refractivity contribution is 5.82. The molecular formula is C12H22N2O5. The van der Waals surface area contributed by atoms with Crippen LogP contribution in [0.1, 0.15) is 19.3 Å². The Labute approximate surface area is 112 Å². The third-order valence-electron chi connectivity index (χ3n) is 3.32. The largest absolute Gasteiger partial charge is 0.480 e. The summed E-state index contributed by atoms with van der Waals surface area (Å²) >= 11 is 0. The van der Waals surface area contributed by atoms with Crippen LogP contribution in [-0.2, 0) is 9.53 Å². The molecule has 7 heteroatoms. The van der Waals surface area contributed by atoms with Crippen molar-refractivity contribution < 1.29 is 24.5 Å². The van der Waals surface area contributed by atoms with Gasteiger partial charge in [-0.25, -0.2) is 9.59 Å². The number of nitrogens with zero attached hydrogens (tertiary/aromatic N) is 1. The summed E-state index contributed by atoms with van der Waals surface area (Å²) in [5, 5.41) is 20.1. The zero-order valence-electron chi connectivity index (χ0n) is 11.2. The second-order valence-electron chi connectivity index (χ2n) is 4.74. The van der Waals surface area contributed by atoms with Crippen molar-refractivity contribution >= 4 is 12.0 Å². The van der Waals surface area contributed by atoms with Gasteiger partial charge in [-0.1, -0.05) is 0 Å². The summed E-state index contributed by atoms with van der Waals surface area (Å²) in [6, 6.07) is -1.41. The SMILES string of the molecule is COCC1CCN(C(=O)NC(CCO)C(=O)O)CC1. The fourth-order valence-electron chi connectivity index (χ4n) is 2.17. The Morgan fingerprint density at radius 1 is 1.42 bits per heavy atom. The fraction of sp³-hybridized carbons (Fsp3) is 0.833. The second kappa shape index (κ2) is 7.96. The molecule has 0 aromatic heterocycles. The van der Waals surface area contributed by atoms with E-state index in [4.69, 9.17) is 14.9 Å². The lowest BCUT2D eigenvalue weighted by atomic mass is 9.98. The Morgan fingerprint density at radius 3 is 2.53 bits per heavy atom. The van der Waals surface area contributed by atoms with Gasteiger partial charge in [0.05, 0.1) is 0 Å². The summed E-state index contributed by atoms with van der Waals surface area (Å²) in [5.41, 5.74) is 0. The molecule has 1 aliphatic heterocycles. The van der Waals surface area contributed by atoms with E-state index in [2.05, 4.69) is 5.32 Å². The van der Waals surface area contributed by atoms with E-state index in [0.717, 1.165) is 12.8 Å². The van der Waals surface area contributed by atoms with Crippen LogP contribution in [0.4, 0.5) is 4.79 Å². The molecule has 0 aromatic rings. The molecule has 0 saturated carbocycles. The maximum Gasteiger partial charge on any atom is 0.326 e. The molecule has 2 amide bonds. The molecule has 110 valence electrons. The van der Waals surface area contributed by atoms with Crippen LogP contribution in [0.15, 0.2) is 0 Å². The summed E-state index contributed by atoms with van der Waals surface area (Å²) in [6.45, 7) is 1.63. The lowest BCUT2D eigenvalue weighted by Crippen LogP contribution is -2.50. The van der Waals surface area contributed by atoms with Gasteiger partial charge in [-0.3, -0.25) is 0 Å². The standard InChI is InChI=1S/C12H22N2O5/c1-19-8-9-2-5-14(6-3-9)12(18)13-10(4-7-15)11(16)17/h9-10,15H,2-8H2,1H3,(H,13,18)(H,16,17). The Morgan fingerprint density at radius 2 is 2.05 bits per heavy atom. The number of aliphatic carboxylic acids is 1. The van der Waals surface area contributed by atoms with Crippen LogP contribution < -0.4 is 5.32 Å². The van der Waals surface area contributed by atoms with Crippen molar-refractivity contribution in [1.82, 2.24) is 10.2 Å². The highest BCUT2D eigenvalue weighted by atomic mass is 16.5. The molecule has 3 N–H and O–H groups in total. The van der Waals surface area contributed by atoms with E-state index in [1.54, 1.807) is 12.0 Å². The molecule has 1 fully saturated rings. The number of aliphatic hydroxyl groups is 1. The number of nitrogens with one attached hydrogen (secondary N) is 1. The first kappa shape index (κ1) is 15.7. The molecule has 7 nitrogen and oxygen atoms in total. The molecule has 1 heterocycles. The minimum atomic E-state index is -1.13.